The van der Waals surface area contributed by atoms with E-state index in [0.29, 0.717) is 23.1 Å². The first-order valence-electron chi connectivity index (χ1n) is 8.67. The zero-order valence-corrected chi connectivity index (χ0v) is 15.4. The minimum Gasteiger partial charge on any atom is -0.424 e. The number of nitrogens with zero attached hydrogens (tertiary/aromatic N) is 5. The Bertz CT molecular complexity index is 810. The molecule has 1 aliphatic heterocycles. The molecule has 26 heavy (non-hydrogen) atoms. The zero-order valence-electron chi connectivity index (χ0n) is 15.4. The van der Waals surface area contributed by atoms with Gasteiger partial charge in [0.15, 0.2) is 0 Å². The van der Waals surface area contributed by atoms with Crippen LogP contribution in [-0.4, -0.2) is 59.0 Å². The molecule has 8 nitrogen and oxygen atoms in total. The number of carbonyl (C=O) groups excluding carboxylic acids is 1. The molecule has 0 aliphatic carbocycles. The number of aryl methyl sites for hydroxylation is 2. The molecule has 1 aromatic carbocycles. The van der Waals surface area contributed by atoms with Crippen molar-refractivity contribution in [2.45, 2.75) is 20.3 Å². The van der Waals surface area contributed by atoms with E-state index < -0.39 is 5.91 Å². The highest BCUT2D eigenvalue weighted by Gasteiger charge is 2.17. The van der Waals surface area contributed by atoms with E-state index in [1.165, 1.54) is 0 Å². The highest BCUT2D eigenvalue weighted by molar-refractivity contribution is 5.93. The summed E-state index contributed by atoms with van der Waals surface area (Å²) >= 11 is 0. The largest absolute Gasteiger partial charge is 0.424 e. The van der Waals surface area contributed by atoms with Gasteiger partial charge in [0.25, 0.3) is 0 Å². The lowest BCUT2D eigenvalue weighted by atomic mass is 10.1. The SMILES string of the molecule is Cc1nc(Oc2cc(C(N)=O)ccc2C)nc(N2CCCN(C)CC2)n1. The van der Waals surface area contributed by atoms with Gasteiger partial charge in [-0.2, -0.15) is 15.0 Å². The second-order valence-corrected chi connectivity index (χ2v) is 6.56. The number of anilines is 1. The third-order valence-electron chi connectivity index (χ3n) is 4.39. The summed E-state index contributed by atoms with van der Waals surface area (Å²) in [5, 5.41) is 0. The predicted molar refractivity (Wildman–Crippen MR) is 98.7 cm³/mol. The van der Waals surface area contributed by atoms with E-state index >= 15 is 0 Å². The van der Waals surface area contributed by atoms with Gasteiger partial charge in [-0.15, -0.1) is 0 Å². The lowest BCUT2D eigenvalue weighted by Crippen LogP contribution is -2.30. The van der Waals surface area contributed by atoms with Crippen LogP contribution in [0.5, 0.6) is 11.8 Å². The van der Waals surface area contributed by atoms with Gasteiger partial charge in [-0.25, -0.2) is 0 Å². The molecule has 1 aliphatic rings. The van der Waals surface area contributed by atoms with E-state index in [9.17, 15) is 4.79 Å². The molecule has 2 heterocycles. The molecule has 0 atom stereocenters. The van der Waals surface area contributed by atoms with Crippen molar-refractivity contribution in [3.05, 3.63) is 35.2 Å². The number of ether oxygens (including phenoxy) is 1. The maximum Gasteiger partial charge on any atom is 0.327 e. The molecule has 0 saturated carbocycles. The van der Waals surface area contributed by atoms with E-state index in [4.69, 9.17) is 10.5 Å². The second kappa shape index (κ2) is 7.65. The number of nitrogens with two attached hydrogens (primary N) is 1. The molecule has 1 amide bonds. The molecule has 2 N–H and O–H groups in total. The molecule has 3 rings (SSSR count). The molecule has 2 aromatic rings. The van der Waals surface area contributed by atoms with Crippen molar-refractivity contribution in [1.29, 1.82) is 0 Å². The van der Waals surface area contributed by atoms with Crippen LogP contribution in [0.15, 0.2) is 18.2 Å². The Morgan fingerprint density at radius 3 is 2.69 bits per heavy atom. The Morgan fingerprint density at radius 1 is 1.12 bits per heavy atom. The summed E-state index contributed by atoms with van der Waals surface area (Å²) in [5.74, 6) is 1.21. The van der Waals surface area contributed by atoms with Gasteiger partial charge in [0.2, 0.25) is 11.9 Å². The van der Waals surface area contributed by atoms with Crippen molar-refractivity contribution < 1.29 is 9.53 Å². The minimum absolute atomic E-state index is 0.217. The Morgan fingerprint density at radius 2 is 1.92 bits per heavy atom. The molecule has 0 unspecified atom stereocenters. The van der Waals surface area contributed by atoms with Gasteiger partial charge in [-0.3, -0.25) is 4.79 Å². The predicted octanol–water partition coefficient (Wildman–Crippen LogP) is 1.52. The number of rotatable bonds is 4. The zero-order chi connectivity index (χ0) is 18.7. The monoisotopic (exact) mass is 356 g/mol. The number of hydrogen-bond acceptors (Lipinski definition) is 7. The number of primary amides is 1. The van der Waals surface area contributed by atoms with Crippen LogP contribution in [0, 0.1) is 13.8 Å². The van der Waals surface area contributed by atoms with Crippen LogP contribution in [0.4, 0.5) is 5.95 Å². The van der Waals surface area contributed by atoms with Crippen LogP contribution < -0.4 is 15.4 Å². The average molecular weight is 356 g/mol. The lowest BCUT2D eigenvalue weighted by Gasteiger charge is -2.21. The van der Waals surface area contributed by atoms with Crippen LogP contribution >= 0.6 is 0 Å². The van der Waals surface area contributed by atoms with Gasteiger partial charge in [0, 0.05) is 25.2 Å². The van der Waals surface area contributed by atoms with Gasteiger partial charge in [-0.1, -0.05) is 6.07 Å². The molecule has 0 radical (unpaired) electrons. The van der Waals surface area contributed by atoms with Gasteiger partial charge in [-0.05, 0) is 51.6 Å². The Balaban J connectivity index is 1.86. The average Bonchev–Trinajstić information content (AvgIpc) is 2.81. The molecular formula is C18H24N6O2. The third kappa shape index (κ3) is 4.26. The third-order valence-corrected chi connectivity index (χ3v) is 4.39. The Hall–Kier alpha value is -2.74. The molecule has 1 fully saturated rings. The van der Waals surface area contributed by atoms with Crippen LogP contribution in [0.2, 0.25) is 0 Å². The highest BCUT2D eigenvalue weighted by atomic mass is 16.5. The fourth-order valence-electron chi connectivity index (χ4n) is 2.84. The van der Waals surface area contributed by atoms with Gasteiger partial charge in [0.1, 0.15) is 11.6 Å². The number of amides is 1. The van der Waals surface area contributed by atoms with Crippen LogP contribution in [0.25, 0.3) is 0 Å². The molecule has 138 valence electrons. The van der Waals surface area contributed by atoms with Crippen molar-refractivity contribution >= 4 is 11.9 Å². The van der Waals surface area contributed by atoms with Crippen LogP contribution in [0.1, 0.15) is 28.2 Å². The fourth-order valence-corrected chi connectivity index (χ4v) is 2.84. The molecule has 1 aromatic heterocycles. The maximum absolute atomic E-state index is 11.4. The van der Waals surface area contributed by atoms with Crippen LogP contribution in [-0.2, 0) is 0 Å². The summed E-state index contributed by atoms with van der Waals surface area (Å²) < 4.78 is 5.86. The van der Waals surface area contributed by atoms with Gasteiger partial charge in [0.05, 0.1) is 0 Å². The van der Waals surface area contributed by atoms with Crippen LogP contribution in [0.3, 0.4) is 0 Å². The number of benzene rings is 1. The standard InChI is InChI=1S/C18H24N6O2/c1-12-5-6-14(16(19)25)11-15(12)26-18-21-13(2)20-17(22-18)24-8-4-7-23(3)9-10-24/h5-6,11H,4,7-10H2,1-3H3,(H2,19,25). The molecule has 0 spiro atoms. The number of likely N-dealkylation sites (N-methyl/N-ethyl adjacent to an activating group) is 1. The van der Waals surface area contributed by atoms with Crippen molar-refractivity contribution in [2.24, 2.45) is 5.73 Å². The Labute approximate surface area is 153 Å². The van der Waals surface area contributed by atoms with Gasteiger partial charge < -0.3 is 20.3 Å². The van der Waals surface area contributed by atoms with Crippen molar-refractivity contribution in [3.8, 4) is 11.8 Å². The molecular weight excluding hydrogens is 332 g/mol. The van der Waals surface area contributed by atoms with E-state index in [0.717, 1.165) is 38.2 Å². The first-order chi connectivity index (χ1) is 12.4. The van der Waals surface area contributed by atoms with E-state index in [-0.39, 0.29) is 6.01 Å². The van der Waals surface area contributed by atoms with E-state index in [2.05, 4.69) is 31.8 Å². The first-order valence-corrected chi connectivity index (χ1v) is 8.67. The normalized spacial score (nSPS) is 15.6. The quantitative estimate of drug-likeness (QED) is 0.887. The highest BCUT2D eigenvalue weighted by Crippen LogP contribution is 2.25. The summed E-state index contributed by atoms with van der Waals surface area (Å²) in [6.45, 7) is 7.47. The topological polar surface area (TPSA) is 97.5 Å². The lowest BCUT2D eigenvalue weighted by molar-refractivity contribution is 0.1000. The summed E-state index contributed by atoms with van der Waals surface area (Å²) in [4.78, 5) is 29.1. The smallest absolute Gasteiger partial charge is 0.327 e. The summed E-state index contributed by atoms with van der Waals surface area (Å²) in [6, 6.07) is 5.28. The number of aromatic nitrogens is 3. The molecule has 8 heteroatoms. The van der Waals surface area contributed by atoms with E-state index in [1.807, 2.05) is 13.8 Å². The fraction of sp³-hybridized carbons (Fsp3) is 0.444. The Kier molecular flexibility index (Phi) is 5.32. The summed E-state index contributed by atoms with van der Waals surface area (Å²) in [7, 11) is 2.12. The maximum atomic E-state index is 11.4. The van der Waals surface area contributed by atoms with E-state index in [1.54, 1.807) is 18.2 Å². The van der Waals surface area contributed by atoms with Crippen molar-refractivity contribution in [1.82, 2.24) is 19.9 Å². The first kappa shape index (κ1) is 18.1. The summed E-state index contributed by atoms with van der Waals surface area (Å²) in [6.07, 6.45) is 1.05. The van der Waals surface area contributed by atoms with Crippen molar-refractivity contribution in [3.63, 3.8) is 0 Å². The van der Waals surface area contributed by atoms with Gasteiger partial charge >= 0.3 is 6.01 Å². The molecule has 1 saturated heterocycles. The second-order valence-electron chi connectivity index (χ2n) is 6.56. The summed E-state index contributed by atoms with van der Waals surface area (Å²) in [5.41, 5.74) is 6.60. The number of hydrogen-bond donors (Lipinski definition) is 1. The minimum atomic E-state index is -0.504. The number of carbonyl (C=O) groups is 1. The molecule has 0 bridgehead atoms. The van der Waals surface area contributed by atoms with Crippen molar-refractivity contribution in [2.75, 3.05) is 38.1 Å².